The molecule has 4 aromatic rings. The summed E-state index contributed by atoms with van der Waals surface area (Å²) >= 11 is 7.62. The molecule has 0 atom stereocenters. The third-order valence-corrected chi connectivity index (χ3v) is 4.27. The third-order valence-electron chi connectivity index (χ3n) is 4.09. The molecule has 0 bridgehead atoms. The third kappa shape index (κ3) is 8.08. The van der Waals surface area contributed by atoms with Crippen LogP contribution in [0.2, 0.25) is 0 Å². The molecule has 0 spiro atoms. The number of nitrogens with zero attached hydrogens (tertiary/aromatic N) is 6. The van der Waals surface area contributed by atoms with E-state index in [9.17, 15) is 0 Å². The zero-order valence-electron chi connectivity index (χ0n) is 17.5. The van der Waals surface area contributed by atoms with Gasteiger partial charge < -0.3 is 21.1 Å². The first kappa shape index (κ1) is 26.2. The van der Waals surface area contributed by atoms with Crippen molar-refractivity contribution in [3.63, 3.8) is 0 Å². The van der Waals surface area contributed by atoms with E-state index in [1.807, 2.05) is 60.7 Å². The van der Waals surface area contributed by atoms with Crippen molar-refractivity contribution < 1.29 is 19.5 Å². The van der Waals surface area contributed by atoms with Gasteiger partial charge in [0, 0.05) is 55.1 Å². The van der Waals surface area contributed by atoms with Gasteiger partial charge in [0.05, 0.1) is 11.4 Å². The topological polar surface area (TPSA) is 131 Å². The van der Waals surface area contributed by atoms with E-state index in [0.29, 0.717) is 0 Å². The zero-order chi connectivity index (χ0) is 22.8. The smallest absolute Gasteiger partial charge is 0.183 e. The molecular weight excluding hydrogens is 506 g/mol. The second kappa shape index (κ2) is 13.5. The fourth-order valence-corrected chi connectivity index (χ4v) is 2.88. The van der Waals surface area contributed by atoms with E-state index in [0.717, 1.165) is 32.9 Å². The minimum absolute atomic E-state index is 0. The zero-order valence-corrected chi connectivity index (χ0v) is 22.3. The monoisotopic (exact) mass is 524 g/mol. The Kier molecular flexibility index (Phi) is 10.7. The molecule has 2 aromatic heterocycles. The van der Waals surface area contributed by atoms with Gasteiger partial charge in [0.2, 0.25) is 0 Å². The number of benzene rings is 2. The van der Waals surface area contributed by atoms with Gasteiger partial charge in [0.15, 0.2) is 34.7 Å². The van der Waals surface area contributed by atoms with E-state index >= 15 is 0 Å². The van der Waals surface area contributed by atoms with Crippen LogP contribution in [0, 0.1) is 0 Å². The van der Waals surface area contributed by atoms with Crippen LogP contribution in [0.25, 0.3) is 32.4 Å². The van der Waals surface area contributed by atoms with Crippen LogP contribution >= 0.6 is 0 Å². The quantitative estimate of drug-likeness (QED) is 0.106. The minimum Gasteiger partial charge on any atom is -0.515 e. The van der Waals surface area contributed by atoms with Gasteiger partial charge in [-0.2, -0.15) is 0 Å². The molecule has 0 aliphatic rings. The number of hydrogen-bond donors (Lipinski definition) is 2. The summed E-state index contributed by atoms with van der Waals surface area (Å²) < 4.78 is 0. The van der Waals surface area contributed by atoms with Crippen molar-refractivity contribution in [2.24, 2.45) is 21.7 Å². The summed E-state index contributed by atoms with van der Waals surface area (Å²) in [6.07, 6.45) is 6.59. The molecule has 4 N–H and O–H groups in total. The number of thiol groups is 2. The van der Waals surface area contributed by atoms with Crippen molar-refractivity contribution in [3.8, 4) is 0 Å². The SMILES string of the molecule is NC(=[SH+])[N-]N=Cc1nccc2ccccc12.NC(=[SH+])[N-]N=Cc1nccc2ccccc12.[Zn]. The van der Waals surface area contributed by atoms with Gasteiger partial charge in [-0.25, -0.2) is 0 Å². The molecule has 2 aromatic carbocycles. The summed E-state index contributed by atoms with van der Waals surface area (Å²) in [7, 11) is 0. The Balaban J connectivity index is 0.000000227. The van der Waals surface area contributed by atoms with Crippen LogP contribution in [-0.2, 0) is 43.9 Å². The van der Waals surface area contributed by atoms with E-state index in [2.05, 4.69) is 55.5 Å². The largest absolute Gasteiger partial charge is 0.515 e. The summed E-state index contributed by atoms with van der Waals surface area (Å²) in [4.78, 5) is 8.44. The molecule has 0 fully saturated rings. The molecule has 0 saturated carbocycles. The molecule has 2 heterocycles. The van der Waals surface area contributed by atoms with Gasteiger partial charge in [-0.05, 0) is 22.9 Å². The molecule has 0 unspecified atom stereocenters. The van der Waals surface area contributed by atoms with Gasteiger partial charge in [0.1, 0.15) is 0 Å². The normalized spacial score (nSPS) is 10.5. The standard InChI is InChI=1S/2C11H10N4S.Zn/c2*12-11(16)15-14-7-10-9-4-2-1-3-8(9)5-6-13-10;/h2*1-7H,(H3,12,13,15,16);. The number of rotatable bonds is 4. The molecule has 8 nitrogen and oxygen atoms in total. The molecular formula is C22H20N8S2Zn. The fraction of sp³-hybridized carbons (Fsp3) is 0. The molecule has 33 heavy (non-hydrogen) atoms. The van der Waals surface area contributed by atoms with Gasteiger partial charge >= 0.3 is 0 Å². The van der Waals surface area contributed by atoms with Crippen molar-refractivity contribution in [1.29, 1.82) is 0 Å². The van der Waals surface area contributed by atoms with E-state index in [1.54, 1.807) is 24.8 Å². The van der Waals surface area contributed by atoms with Crippen molar-refractivity contribution in [2.45, 2.75) is 0 Å². The average Bonchev–Trinajstić information content (AvgIpc) is 2.79. The second-order valence-electron chi connectivity index (χ2n) is 6.24. The maximum Gasteiger partial charge on any atom is 0.183 e. The van der Waals surface area contributed by atoms with Gasteiger partial charge in [-0.1, -0.05) is 48.5 Å². The van der Waals surface area contributed by atoms with Gasteiger partial charge in [0.25, 0.3) is 0 Å². The van der Waals surface area contributed by atoms with E-state index in [-0.39, 0.29) is 29.7 Å². The summed E-state index contributed by atoms with van der Waals surface area (Å²) in [5, 5.41) is 12.1. The summed E-state index contributed by atoms with van der Waals surface area (Å²) in [5.74, 6) is 0. The molecule has 0 radical (unpaired) electrons. The Hall–Kier alpha value is -3.08. The van der Waals surface area contributed by atoms with Crippen LogP contribution in [0.15, 0.2) is 83.3 Å². The van der Waals surface area contributed by atoms with Crippen LogP contribution in [0.1, 0.15) is 11.4 Å². The number of nitrogens with two attached hydrogens (primary N) is 2. The predicted molar refractivity (Wildman–Crippen MR) is 141 cm³/mol. The van der Waals surface area contributed by atoms with Crippen molar-refractivity contribution >= 4 is 68.6 Å². The van der Waals surface area contributed by atoms with Crippen LogP contribution in [0.5, 0.6) is 0 Å². The van der Waals surface area contributed by atoms with Crippen LogP contribution in [0.3, 0.4) is 0 Å². The first-order chi connectivity index (χ1) is 15.5. The Bertz CT molecular complexity index is 1200. The average molecular weight is 526 g/mol. The van der Waals surface area contributed by atoms with Crippen LogP contribution < -0.4 is 11.5 Å². The van der Waals surface area contributed by atoms with Gasteiger partial charge in [-0.3, -0.25) is 21.4 Å². The Labute approximate surface area is 214 Å². The van der Waals surface area contributed by atoms with Crippen molar-refractivity contribution in [2.75, 3.05) is 0 Å². The molecule has 0 aliphatic carbocycles. The van der Waals surface area contributed by atoms with Crippen molar-refractivity contribution in [3.05, 3.63) is 95.3 Å². The minimum atomic E-state index is 0. The molecule has 0 saturated heterocycles. The molecule has 162 valence electrons. The van der Waals surface area contributed by atoms with E-state index in [1.165, 1.54) is 0 Å². The number of hydrogen-bond acceptors (Lipinski definition) is 4. The van der Waals surface area contributed by atoms with Gasteiger partial charge in [-0.15, -0.1) is 0 Å². The molecule has 11 heteroatoms. The van der Waals surface area contributed by atoms with E-state index in [4.69, 9.17) is 11.5 Å². The van der Waals surface area contributed by atoms with Crippen LogP contribution in [-0.4, -0.2) is 32.6 Å². The number of fused-ring (bicyclic) bond motifs is 2. The van der Waals surface area contributed by atoms with Crippen LogP contribution in [0.4, 0.5) is 0 Å². The number of pyridine rings is 2. The first-order valence-electron chi connectivity index (χ1n) is 9.33. The number of aromatic nitrogens is 2. The van der Waals surface area contributed by atoms with E-state index < -0.39 is 0 Å². The summed E-state index contributed by atoms with van der Waals surface area (Å²) in [6, 6.07) is 19.8. The molecule has 0 aliphatic heterocycles. The van der Waals surface area contributed by atoms with Crippen molar-refractivity contribution in [1.82, 2.24) is 9.97 Å². The molecule has 0 amide bonds. The predicted octanol–water partition coefficient (Wildman–Crippen LogP) is 2.53. The summed E-state index contributed by atoms with van der Waals surface area (Å²) in [5.41, 5.74) is 19.2. The Morgan fingerprint density at radius 2 is 1.09 bits per heavy atom. The Morgan fingerprint density at radius 1 is 0.697 bits per heavy atom. The maximum atomic E-state index is 5.25. The first-order valence-corrected chi connectivity index (χ1v) is 10.2. The molecule has 4 rings (SSSR count). The fourth-order valence-electron chi connectivity index (χ4n) is 2.78. The summed E-state index contributed by atoms with van der Waals surface area (Å²) in [6.45, 7) is 0. The maximum absolute atomic E-state index is 5.25. The Morgan fingerprint density at radius 3 is 1.48 bits per heavy atom. The second-order valence-corrected chi connectivity index (χ2v) is 7.16.